The van der Waals surface area contributed by atoms with Crippen molar-refractivity contribution in [1.29, 1.82) is 0 Å². The Morgan fingerprint density at radius 3 is 2.41 bits per heavy atom. The van der Waals surface area contributed by atoms with Gasteiger partial charge in [0.25, 0.3) is 0 Å². The van der Waals surface area contributed by atoms with Crippen molar-refractivity contribution < 1.29 is 9.53 Å². The van der Waals surface area contributed by atoms with Crippen molar-refractivity contribution >= 4 is 22.4 Å². The van der Waals surface area contributed by atoms with E-state index in [4.69, 9.17) is 4.74 Å². The third-order valence-electron chi connectivity index (χ3n) is 6.24. The van der Waals surface area contributed by atoms with E-state index in [0.717, 1.165) is 35.5 Å². The fraction of sp³-hybridized carbons (Fsp3) is 0.207. The van der Waals surface area contributed by atoms with Gasteiger partial charge in [-0.2, -0.15) is 0 Å². The van der Waals surface area contributed by atoms with Gasteiger partial charge < -0.3 is 9.64 Å². The molecule has 1 aliphatic heterocycles. The molecule has 0 aliphatic carbocycles. The summed E-state index contributed by atoms with van der Waals surface area (Å²) in [7, 11) is 0. The van der Waals surface area contributed by atoms with Gasteiger partial charge in [-0.3, -0.25) is 4.79 Å². The van der Waals surface area contributed by atoms with Crippen LogP contribution in [0.2, 0.25) is 0 Å². The predicted octanol–water partition coefficient (Wildman–Crippen LogP) is 6.70. The number of nitrogens with zero attached hydrogens (tertiary/aromatic N) is 1. The van der Waals surface area contributed by atoms with Gasteiger partial charge in [0.2, 0.25) is 5.91 Å². The van der Waals surface area contributed by atoms with E-state index in [9.17, 15) is 4.79 Å². The molecule has 160 valence electrons. The minimum absolute atomic E-state index is 0.0416. The standard InChI is InChI=1S/C29H27NO2/c1-2-18-30-27-17-14-22-10-6-7-11-25(22)29(27)26(19-28(30)31)23-12-15-24(16-13-23)32-20-21-8-4-3-5-9-21/h3-17,26H,2,18-20H2,1H3. The van der Waals surface area contributed by atoms with E-state index in [2.05, 4.69) is 67.6 Å². The molecule has 0 bridgehead atoms. The molecular formula is C29H27NO2. The number of hydrogen-bond acceptors (Lipinski definition) is 2. The van der Waals surface area contributed by atoms with Crippen molar-refractivity contribution in [3.05, 3.63) is 108 Å². The first kappa shape index (κ1) is 20.3. The lowest BCUT2D eigenvalue weighted by atomic mass is 9.81. The maximum absolute atomic E-state index is 13.1. The Hall–Kier alpha value is -3.59. The van der Waals surface area contributed by atoms with E-state index in [1.54, 1.807) is 0 Å². The van der Waals surface area contributed by atoms with E-state index < -0.39 is 0 Å². The van der Waals surface area contributed by atoms with Crippen LogP contribution in [0.1, 0.15) is 42.4 Å². The van der Waals surface area contributed by atoms with Crippen LogP contribution in [0.15, 0.2) is 91.0 Å². The molecule has 1 heterocycles. The highest BCUT2D eigenvalue weighted by molar-refractivity contribution is 6.03. The maximum atomic E-state index is 13.1. The van der Waals surface area contributed by atoms with Crippen molar-refractivity contribution in [3.63, 3.8) is 0 Å². The first-order valence-electron chi connectivity index (χ1n) is 11.3. The summed E-state index contributed by atoms with van der Waals surface area (Å²) in [6.07, 6.45) is 1.43. The van der Waals surface area contributed by atoms with E-state index in [0.29, 0.717) is 13.0 Å². The zero-order valence-electron chi connectivity index (χ0n) is 18.3. The highest BCUT2D eigenvalue weighted by atomic mass is 16.5. The predicted molar refractivity (Wildman–Crippen MR) is 130 cm³/mol. The fourth-order valence-corrected chi connectivity index (χ4v) is 4.70. The average molecular weight is 422 g/mol. The van der Waals surface area contributed by atoms with Crippen LogP contribution in [0.3, 0.4) is 0 Å². The highest BCUT2D eigenvalue weighted by Gasteiger charge is 2.33. The monoisotopic (exact) mass is 421 g/mol. The number of ether oxygens (including phenoxy) is 1. The Labute approximate surface area is 189 Å². The normalized spacial score (nSPS) is 15.6. The molecule has 0 radical (unpaired) electrons. The third-order valence-corrected chi connectivity index (χ3v) is 6.24. The van der Waals surface area contributed by atoms with Gasteiger partial charge in [0, 0.05) is 24.6 Å². The molecule has 0 aromatic heterocycles. The Kier molecular flexibility index (Phi) is 5.64. The van der Waals surface area contributed by atoms with Gasteiger partial charge in [-0.25, -0.2) is 0 Å². The molecular weight excluding hydrogens is 394 g/mol. The van der Waals surface area contributed by atoms with E-state index in [1.165, 1.54) is 16.3 Å². The first-order chi connectivity index (χ1) is 15.7. The summed E-state index contributed by atoms with van der Waals surface area (Å²) >= 11 is 0. The number of fused-ring (bicyclic) bond motifs is 3. The molecule has 0 fully saturated rings. The minimum Gasteiger partial charge on any atom is -0.489 e. The lowest BCUT2D eigenvalue weighted by molar-refractivity contribution is -0.119. The number of anilines is 1. The molecule has 3 nitrogen and oxygen atoms in total. The summed E-state index contributed by atoms with van der Waals surface area (Å²) < 4.78 is 5.97. The van der Waals surface area contributed by atoms with Gasteiger partial charge >= 0.3 is 0 Å². The molecule has 0 saturated carbocycles. The smallest absolute Gasteiger partial charge is 0.227 e. The van der Waals surface area contributed by atoms with Crippen molar-refractivity contribution in [2.75, 3.05) is 11.4 Å². The van der Waals surface area contributed by atoms with Gasteiger partial charge in [0.05, 0.1) is 0 Å². The number of hydrogen-bond donors (Lipinski definition) is 0. The van der Waals surface area contributed by atoms with Crippen LogP contribution in [-0.2, 0) is 11.4 Å². The Morgan fingerprint density at radius 1 is 0.875 bits per heavy atom. The third kappa shape index (κ3) is 3.87. The lowest BCUT2D eigenvalue weighted by Gasteiger charge is -2.35. The zero-order valence-corrected chi connectivity index (χ0v) is 18.3. The lowest BCUT2D eigenvalue weighted by Crippen LogP contribution is -2.37. The topological polar surface area (TPSA) is 29.5 Å². The number of benzene rings is 4. The first-order valence-corrected chi connectivity index (χ1v) is 11.3. The van der Waals surface area contributed by atoms with Crippen molar-refractivity contribution in [2.45, 2.75) is 32.3 Å². The van der Waals surface area contributed by atoms with Crippen LogP contribution >= 0.6 is 0 Å². The van der Waals surface area contributed by atoms with Crippen LogP contribution in [0.5, 0.6) is 5.75 Å². The number of amides is 1. The molecule has 0 spiro atoms. The Balaban J connectivity index is 1.49. The van der Waals surface area contributed by atoms with Crippen LogP contribution in [-0.4, -0.2) is 12.5 Å². The molecule has 1 aliphatic rings. The second kappa shape index (κ2) is 8.88. The Morgan fingerprint density at radius 2 is 1.62 bits per heavy atom. The summed E-state index contributed by atoms with van der Waals surface area (Å²) in [4.78, 5) is 15.1. The Bertz CT molecular complexity index is 1230. The number of rotatable bonds is 6. The maximum Gasteiger partial charge on any atom is 0.227 e. The van der Waals surface area contributed by atoms with Crippen LogP contribution < -0.4 is 9.64 Å². The van der Waals surface area contributed by atoms with Crippen molar-refractivity contribution in [2.24, 2.45) is 0 Å². The number of carbonyl (C=O) groups excluding carboxylic acids is 1. The average Bonchev–Trinajstić information content (AvgIpc) is 2.85. The molecule has 3 heteroatoms. The van der Waals surface area contributed by atoms with Gasteiger partial charge in [-0.15, -0.1) is 0 Å². The van der Waals surface area contributed by atoms with Crippen molar-refractivity contribution in [1.82, 2.24) is 0 Å². The van der Waals surface area contributed by atoms with E-state index in [-0.39, 0.29) is 11.8 Å². The molecule has 1 unspecified atom stereocenters. The fourth-order valence-electron chi connectivity index (χ4n) is 4.70. The van der Waals surface area contributed by atoms with Gasteiger partial charge in [-0.1, -0.05) is 79.7 Å². The van der Waals surface area contributed by atoms with Crippen LogP contribution in [0, 0.1) is 0 Å². The molecule has 4 aromatic carbocycles. The molecule has 1 amide bonds. The summed E-state index contributed by atoms with van der Waals surface area (Å²) in [5.41, 5.74) is 4.61. The number of carbonyl (C=O) groups is 1. The van der Waals surface area contributed by atoms with Gasteiger partial charge in [-0.05, 0) is 52.1 Å². The molecule has 4 aromatic rings. The molecule has 1 atom stereocenters. The SMILES string of the molecule is CCCN1C(=O)CC(c2ccc(OCc3ccccc3)cc2)c2c1ccc1ccccc21. The largest absolute Gasteiger partial charge is 0.489 e. The summed E-state index contributed by atoms with van der Waals surface area (Å²) in [5.74, 6) is 1.08. The molecule has 0 saturated heterocycles. The summed E-state index contributed by atoms with van der Waals surface area (Å²) in [6.45, 7) is 3.42. The van der Waals surface area contributed by atoms with Crippen LogP contribution in [0.25, 0.3) is 10.8 Å². The molecule has 0 N–H and O–H groups in total. The summed E-state index contributed by atoms with van der Waals surface area (Å²) in [6, 6.07) is 31.2. The zero-order chi connectivity index (χ0) is 21.9. The van der Waals surface area contributed by atoms with E-state index in [1.807, 2.05) is 35.2 Å². The molecule has 32 heavy (non-hydrogen) atoms. The second-order valence-corrected chi connectivity index (χ2v) is 8.36. The van der Waals surface area contributed by atoms with Gasteiger partial charge in [0.15, 0.2) is 0 Å². The summed E-state index contributed by atoms with van der Waals surface area (Å²) in [5, 5.41) is 2.44. The van der Waals surface area contributed by atoms with Crippen LogP contribution in [0.4, 0.5) is 5.69 Å². The second-order valence-electron chi connectivity index (χ2n) is 8.36. The molecule has 5 rings (SSSR count). The minimum atomic E-state index is 0.0416. The van der Waals surface area contributed by atoms with Gasteiger partial charge in [0.1, 0.15) is 12.4 Å². The quantitative estimate of drug-likeness (QED) is 0.347. The highest BCUT2D eigenvalue weighted by Crippen LogP contribution is 2.44. The van der Waals surface area contributed by atoms with Crippen molar-refractivity contribution in [3.8, 4) is 5.75 Å². The van der Waals surface area contributed by atoms with E-state index >= 15 is 0 Å².